The van der Waals surface area contributed by atoms with E-state index in [9.17, 15) is 5.41 Å². The maximum Gasteiger partial charge on any atom is 0.140 e. The van der Waals surface area contributed by atoms with Crippen molar-refractivity contribution in [2.45, 2.75) is 6.92 Å². The predicted molar refractivity (Wildman–Crippen MR) is 61.4 cm³/mol. The van der Waals surface area contributed by atoms with Crippen LogP contribution in [0.4, 0.5) is 0 Å². The highest BCUT2D eigenvalue weighted by Crippen LogP contribution is 2.19. The van der Waals surface area contributed by atoms with Gasteiger partial charge >= 0.3 is 0 Å². The van der Waals surface area contributed by atoms with Gasteiger partial charge in [-0.15, -0.1) is 5.71 Å². The number of fused-ring (bicyclic) bond motifs is 1. The zero-order valence-electron chi connectivity index (χ0n) is 8.07. The third-order valence-electron chi connectivity index (χ3n) is 2.19. The van der Waals surface area contributed by atoms with Crippen molar-refractivity contribution in [3.63, 3.8) is 0 Å². The molecule has 1 heteroatoms. The highest BCUT2D eigenvalue weighted by molar-refractivity contribution is 6.00. The number of hydrogen-bond donors (Lipinski definition) is 0. The summed E-state index contributed by atoms with van der Waals surface area (Å²) in [6, 6.07) is 14.2. The molecule has 14 heavy (non-hydrogen) atoms. The Morgan fingerprint density at radius 3 is 2.57 bits per heavy atom. The predicted octanol–water partition coefficient (Wildman–Crippen LogP) is 3.42. The van der Waals surface area contributed by atoms with Crippen LogP contribution in [0.3, 0.4) is 0 Å². The quantitative estimate of drug-likeness (QED) is 0.500. The first-order chi connectivity index (χ1) is 6.77. The van der Waals surface area contributed by atoms with Gasteiger partial charge in [0.25, 0.3) is 0 Å². The van der Waals surface area contributed by atoms with E-state index in [1.54, 1.807) is 13.3 Å². The first-order valence-electron chi connectivity index (χ1n) is 4.62. The van der Waals surface area contributed by atoms with E-state index >= 15 is 0 Å². The van der Waals surface area contributed by atoms with Crippen molar-refractivity contribution >= 4 is 16.5 Å². The van der Waals surface area contributed by atoms with E-state index in [4.69, 9.17) is 0 Å². The molecule has 0 aliphatic rings. The second-order valence-electron chi connectivity index (χ2n) is 3.35. The zero-order chi connectivity index (χ0) is 9.97. The van der Waals surface area contributed by atoms with Crippen LogP contribution in [0.2, 0.25) is 0 Å². The lowest BCUT2D eigenvalue weighted by atomic mass is 10.0. The Balaban J connectivity index is 2.59. The van der Waals surface area contributed by atoms with Gasteiger partial charge in [0.2, 0.25) is 0 Å². The Kier molecular flexibility index (Phi) is 2.23. The second-order valence-corrected chi connectivity index (χ2v) is 3.35. The molecule has 0 aromatic heterocycles. The monoisotopic (exact) mass is 181 g/mol. The molecule has 0 aliphatic heterocycles. The van der Waals surface area contributed by atoms with Crippen molar-refractivity contribution in [2.75, 3.05) is 0 Å². The molecule has 68 valence electrons. The molecule has 0 N–H and O–H groups in total. The summed E-state index contributed by atoms with van der Waals surface area (Å²) in [6.45, 7) is 1.68. The van der Waals surface area contributed by atoms with Crippen LogP contribution in [0.5, 0.6) is 0 Å². The van der Waals surface area contributed by atoms with Crippen molar-refractivity contribution in [1.82, 2.24) is 0 Å². The Labute approximate surface area is 83.9 Å². The largest absolute Gasteiger partial charge is 0.795 e. The standard InChI is InChI=1S/C13H11N/c1-10(14)9-12-7-4-6-11-5-2-3-8-13(11)12/h2-9H,1H3. The minimum atomic E-state index is 0.335. The third-order valence-corrected chi connectivity index (χ3v) is 2.19. The summed E-state index contributed by atoms with van der Waals surface area (Å²) in [7, 11) is 0. The lowest BCUT2D eigenvalue weighted by Gasteiger charge is -2.01. The van der Waals surface area contributed by atoms with Gasteiger partial charge in [0.15, 0.2) is 0 Å². The molecule has 0 saturated carbocycles. The fraction of sp³-hybridized carbons (Fsp3) is 0.0769. The summed E-state index contributed by atoms with van der Waals surface area (Å²) in [5.74, 6) is 0. The summed E-state index contributed by atoms with van der Waals surface area (Å²) in [6.07, 6.45) is 1.78. The van der Waals surface area contributed by atoms with E-state index in [2.05, 4.69) is 18.2 Å². The first kappa shape index (κ1) is 8.82. The summed E-state index contributed by atoms with van der Waals surface area (Å²) < 4.78 is 0. The fourth-order valence-electron chi connectivity index (χ4n) is 1.60. The zero-order valence-corrected chi connectivity index (χ0v) is 8.07. The Morgan fingerprint density at radius 2 is 1.79 bits per heavy atom. The van der Waals surface area contributed by atoms with Gasteiger partial charge in [-0.3, -0.25) is 0 Å². The summed E-state index contributed by atoms with van der Waals surface area (Å²) in [4.78, 5) is 0. The highest BCUT2D eigenvalue weighted by atomic mass is 14.4. The number of benzene rings is 2. The maximum absolute atomic E-state index is 9.23. The van der Waals surface area contributed by atoms with Gasteiger partial charge in [-0.05, 0) is 31.2 Å². The third kappa shape index (κ3) is 1.62. The molecular formula is C13H11N. The maximum atomic E-state index is 9.23. The molecule has 0 spiro atoms. The molecular weight excluding hydrogens is 170 g/mol. The number of hydrogen-bond acceptors (Lipinski definition) is 0. The van der Waals surface area contributed by atoms with Gasteiger partial charge in [-0.1, -0.05) is 6.07 Å². The lowest BCUT2D eigenvalue weighted by Crippen LogP contribution is -1.92. The molecule has 0 heterocycles. The Morgan fingerprint density at radius 1 is 1.07 bits per heavy atom. The highest BCUT2D eigenvalue weighted by Gasteiger charge is 2.06. The Bertz CT molecular complexity index is 466. The van der Waals surface area contributed by atoms with E-state index in [0.717, 1.165) is 5.56 Å². The van der Waals surface area contributed by atoms with Crippen LogP contribution in [0.1, 0.15) is 12.5 Å². The molecule has 2 aromatic carbocycles. The van der Waals surface area contributed by atoms with Crippen LogP contribution < -0.4 is 0 Å². The SMILES string of the molecule is CC(=[N-])[CH+]c1cccc2ccccc12. The summed E-state index contributed by atoms with van der Waals surface area (Å²) in [5.41, 5.74) is 1.39. The van der Waals surface area contributed by atoms with Gasteiger partial charge in [-0.2, -0.15) is 0 Å². The van der Waals surface area contributed by atoms with Gasteiger partial charge in [0, 0.05) is 23.9 Å². The summed E-state index contributed by atoms with van der Waals surface area (Å²) >= 11 is 0. The average molecular weight is 181 g/mol. The molecule has 1 nitrogen and oxygen atoms in total. The average Bonchev–Trinajstić information content (AvgIpc) is 2.18. The van der Waals surface area contributed by atoms with E-state index in [1.165, 1.54) is 10.8 Å². The summed E-state index contributed by atoms with van der Waals surface area (Å²) in [5, 5.41) is 11.6. The van der Waals surface area contributed by atoms with Crippen LogP contribution >= 0.6 is 0 Å². The minimum absolute atomic E-state index is 0.335. The molecule has 0 amide bonds. The van der Waals surface area contributed by atoms with Crippen molar-refractivity contribution in [3.05, 3.63) is 59.9 Å². The topological polar surface area (TPSA) is 22.3 Å². The van der Waals surface area contributed by atoms with Crippen LogP contribution in [0.25, 0.3) is 16.2 Å². The van der Waals surface area contributed by atoms with Crippen LogP contribution in [0.15, 0.2) is 42.5 Å². The van der Waals surface area contributed by atoms with Gasteiger partial charge in [0.05, 0.1) is 5.39 Å². The van der Waals surface area contributed by atoms with Crippen molar-refractivity contribution in [3.8, 4) is 0 Å². The molecule has 2 rings (SSSR count). The molecule has 0 atom stereocenters. The first-order valence-corrected chi connectivity index (χ1v) is 4.62. The van der Waals surface area contributed by atoms with Crippen LogP contribution in [0, 0.1) is 6.42 Å². The van der Waals surface area contributed by atoms with E-state index in [0.29, 0.717) is 5.71 Å². The molecule has 0 unspecified atom stereocenters. The van der Waals surface area contributed by atoms with E-state index in [1.807, 2.05) is 24.3 Å². The van der Waals surface area contributed by atoms with Gasteiger partial charge in [0.1, 0.15) is 5.56 Å². The van der Waals surface area contributed by atoms with Crippen molar-refractivity contribution < 1.29 is 0 Å². The lowest BCUT2D eigenvalue weighted by molar-refractivity contribution is 1.61. The van der Waals surface area contributed by atoms with Gasteiger partial charge < -0.3 is 5.41 Å². The minimum Gasteiger partial charge on any atom is -0.795 e. The fourth-order valence-corrected chi connectivity index (χ4v) is 1.60. The van der Waals surface area contributed by atoms with Crippen molar-refractivity contribution in [1.29, 1.82) is 0 Å². The van der Waals surface area contributed by atoms with E-state index < -0.39 is 0 Å². The van der Waals surface area contributed by atoms with Crippen LogP contribution in [-0.4, -0.2) is 5.71 Å². The van der Waals surface area contributed by atoms with Crippen LogP contribution in [-0.2, 0) is 0 Å². The molecule has 0 aliphatic carbocycles. The second kappa shape index (κ2) is 3.54. The van der Waals surface area contributed by atoms with Gasteiger partial charge in [-0.25, -0.2) is 0 Å². The van der Waals surface area contributed by atoms with Crippen molar-refractivity contribution in [2.24, 2.45) is 0 Å². The normalized spacial score (nSPS) is 10.1. The molecule has 0 fully saturated rings. The van der Waals surface area contributed by atoms with E-state index in [-0.39, 0.29) is 0 Å². The number of nitrogens with zero attached hydrogens (tertiary/aromatic N) is 1. The smallest absolute Gasteiger partial charge is 0.140 e. The molecule has 0 radical (unpaired) electrons. The molecule has 2 aromatic rings. The number of rotatable bonds is 2. The molecule has 0 saturated heterocycles. The Hall–Kier alpha value is -1.76. The molecule has 0 bridgehead atoms.